The Labute approximate surface area is 122 Å². The van der Waals surface area contributed by atoms with Gasteiger partial charge in [-0.15, -0.1) is 0 Å². The van der Waals surface area contributed by atoms with Gasteiger partial charge in [-0.25, -0.2) is 0 Å². The molecule has 1 aromatic carbocycles. The molecule has 108 valence electrons. The summed E-state index contributed by atoms with van der Waals surface area (Å²) in [6.45, 7) is 5.00. The third-order valence-electron chi connectivity index (χ3n) is 3.12. The topological polar surface area (TPSA) is 21.3 Å². The highest BCUT2D eigenvalue weighted by atomic mass is 32.2. The third kappa shape index (κ3) is 5.87. The quantitative estimate of drug-likeness (QED) is 0.647. The van der Waals surface area contributed by atoms with Crippen molar-refractivity contribution < 1.29 is 4.74 Å². The highest BCUT2D eigenvalue weighted by molar-refractivity contribution is 7.99. The van der Waals surface area contributed by atoms with Crippen LogP contribution in [0.15, 0.2) is 24.3 Å². The molecule has 1 aromatic rings. The predicted octanol–water partition coefficient (Wildman–Crippen LogP) is 4.27. The van der Waals surface area contributed by atoms with Crippen LogP contribution in [0, 0.1) is 0 Å². The summed E-state index contributed by atoms with van der Waals surface area (Å²) >= 11 is 2.03. The number of thioether (sulfide) groups is 1. The molecular formula is C16H27NOS. The van der Waals surface area contributed by atoms with Crippen molar-refractivity contribution in [3.05, 3.63) is 29.8 Å². The second kappa shape index (κ2) is 10.2. The fraction of sp³-hybridized carbons (Fsp3) is 0.625. The second-order valence-electron chi connectivity index (χ2n) is 4.59. The molecule has 1 N–H and O–H groups in total. The van der Waals surface area contributed by atoms with Gasteiger partial charge in [0, 0.05) is 17.4 Å². The number of benzene rings is 1. The zero-order chi connectivity index (χ0) is 13.9. The van der Waals surface area contributed by atoms with E-state index in [1.54, 1.807) is 0 Å². The molecular weight excluding hydrogens is 254 g/mol. The van der Waals surface area contributed by atoms with Gasteiger partial charge in [0.05, 0.1) is 6.61 Å². The summed E-state index contributed by atoms with van der Waals surface area (Å²) in [5.74, 6) is 3.37. The maximum absolute atomic E-state index is 5.72. The van der Waals surface area contributed by atoms with Crippen LogP contribution < -0.4 is 10.1 Å². The van der Waals surface area contributed by atoms with E-state index < -0.39 is 0 Å². The van der Waals surface area contributed by atoms with E-state index in [-0.39, 0.29) is 0 Å². The largest absolute Gasteiger partial charge is 0.494 e. The van der Waals surface area contributed by atoms with Crippen LogP contribution in [0.2, 0.25) is 0 Å². The lowest BCUT2D eigenvalue weighted by Crippen LogP contribution is -2.20. The summed E-state index contributed by atoms with van der Waals surface area (Å²) in [6.07, 6.45) is 3.96. The van der Waals surface area contributed by atoms with E-state index in [9.17, 15) is 0 Å². The van der Waals surface area contributed by atoms with Crippen molar-refractivity contribution in [1.82, 2.24) is 5.32 Å². The Morgan fingerprint density at radius 1 is 1.21 bits per heavy atom. The summed E-state index contributed by atoms with van der Waals surface area (Å²) in [6, 6.07) is 8.72. The van der Waals surface area contributed by atoms with Crippen molar-refractivity contribution in [3.8, 4) is 5.75 Å². The van der Waals surface area contributed by atoms with Gasteiger partial charge in [0.15, 0.2) is 0 Å². The van der Waals surface area contributed by atoms with Gasteiger partial charge in [0.1, 0.15) is 5.75 Å². The fourth-order valence-corrected chi connectivity index (χ4v) is 3.20. The average Bonchev–Trinajstić information content (AvgIpc) is 2.44. The first-order valence-electron chi connectivity index (χ1n) is 7.30. The molecule has 0 spiro atoms. The van der Waals surface area contributed by atoms with E-state index in [2.05, 4.69) is 30.4 Å². The number of rotatable bonds is 10. The summed E-state index contributed by atoms with van der Waals surface area (Å²) in [5.41, 5.74) is 1.27. The van der Waals surface area contributed by atoms with Crippen molar-refractivity contribution in [2.24, 2.45) is 0 Å². The van der Waals surface area contributed by atoms with Crippen LogP contribution in [0.1, 0.15) is 44.7 Å². The zero-order valence-electron chi connectivity index (χ0n) is 12.4. The van der Waals surface area contributed by atoms with E-state index in [0.29, 0.717) is 6.04 Å². The lowest BCUT2D eigenvalue weighted by molar-refractivity contribution is 0.333. The summed E-state index contributed by atoms with van der Waals surface area (Å²) in [5, 5.41) is 3.41. The molecule has 1 atom stereocenters. The van der Waals surface area contributed by atoms with Gasteiger partial charge in [0.25, 0.3) is 0 Å². The number of para-hydroxylation sites is 1. The maximum atomic E-state index is 5.72. The van der Waals surface area contributed by atoms with Crippen LogP contribution in [-0.2, 0) is 0 Å². The molecule has 0 fully saturated rings. The number of unbranched alkanes of at least 4 members (excludes halogenated alkanes) is 2. The van der Waals surface area contributed by atoms with Crippen LogP contribution in [0.5, 0.6) is 5.75 Å². The van der Waals surface area contributed by atoms with Gasteiger partial charge in [-0.2, -0.15) is 11.8 Å². The average molecular weight is 281 g/mol. The van der Waals surface area contributed by atoms with E-state index >= 15 is 0 Å². The Kier molecular flexibility index (Phi) is 8.76. The van der Waals surface area contributed by atoms with Crippen LogP contribution in [0.25, 0.3) is 0 Å². The SMILES string of the molecule is CCCCCSCC(NC)c1ccccc1OCC. The highest BCUT2D eigenvalue weighted by Crippen LogP contribution is 2.27. The molecule has 3 heteroatoms. The Hall–Kier alpha value is -0.670. The molecule has 0 heterocycles. The molecule has 2 nitrogen and oxygen atoms in total. The molecule has 0 aliphatic carbocycles. The van der Waals surface area contributed by atoms with E-state index in [1.165, 1.54) is 30.6 Å². The van der Waals surface area contributed by atoms with Gasteiger partial charge in [0.2, 0.25) is 0 Å². The van der Waals surface area contributed by atoms with Crippen LogP contribution in [0.3, 0.4) is 0 Å². The van der Waals surface area contributed by atoms with E-state index in [0.717, 1.165) is 18.1 Å². The predicted molar refractivity (Wildman–Crippen MR) is 86.3 cm³/mol. The number of ether oxygens (including phenoxy) is 1. The molecule has 0 aliphatic rings. The molecule has 0 aliphatic heterocycles. The van der Waals surface area contributed by atoms with E-state index in [4.69, 9.17) is 4.74 Å². The standard InChI is InChI=1S/C16H27NOS/c1-4-6-9-12-19-13-15(17-3)14-10-7-8-11-16(14)18-5-2/h7-8,10-11,15,17H,4-6,9,12-13H2,1-3H3. The number of hydrogen-bond donors (Lipinski definition) is 1. The third-order valence-corrected chi connectivity index (χ3v) is 4.27. The molecule has 1 rings (SSSR count). The van der Waals surface area contributed by atoms with E-state index in [1.807, 2.05) is 31.8 Å². The molecule has 19 heavy (non-hydrogen) atoms. The first kappa shape index (κ1) is 16.4. The monoisotopic (exact) mass is 281 g/mol. The van der Waals surface area contributed by atoms with Gasteiger partial charge in [-0.3, -0.25) is 0 Å². The minimum atomic E-state index is 0.370. The molecule has 0 aromatic heterocycles. The Morgan fingerprint density at radius 3 is 2.68 bits per heavy atom. The summed E-state index contributed by atoms with van der Waals surface area (Å²) in [4.78, 5) is 0. The van der Waals surface area contributed by atoms with Crippen LogP contribution in [0.4, 0.5) is 0 Å². The molecule has 0 saturated heterocycles. The number of hydrogen-bond acceptors (Lipinski definition) is 3. The smallest absolute Gasteiger partial charge is 0.124 e. The maximum Gasteiger partial charge on any atom is 0.124 e. The fourth-order valence-electron chi connectivity index (χ4n) is 2.04. The number of nitrogens with one attached hydrogen (secondary N) is 1. The highest BCUT2D eigenvalue weighted by Gasteiger charge is 2.13. The normalized spacial score (nSPS) is 12.4. The van der Waals surface area contributed by atoms with Gasteiger partial charge in [-0.05, 0) is 32.2 Å². The summed E-state index contributed by atoms with van der Waals surface area (Å²) < 4.78 is 5.72. The molecule has 0 radical (unpaired) electrons. The minimum absolute atomic E-state index is 0.370. The first-order chi connectivity index (χ1) is 9.33. The van der Waals surface area contributed by atoms with Crippen molar-refractivity contribution in [2.45, 2.75) is 39.2 Å². The Morgan fingerprint density at radius 2 is 2.00 bits per heavy atom. The van der Waals surface area contributed by atoms with Gasteiger partial charge >= 0.3 is 0 Å². The molecule has 0 amide bonds. The minimum Gasteiger partial charge on any atom is -0.494 e. The van der Waals surface area contributed by atoms with Crippen molar-refractivity contribution in [2.75, 3.05) is 25.2 Å². The van der Waals surface area contributed by atoms with Crippen molar-refractivity contribution >= 4 is 11.8 Å². The first-order valence-corrected chi connectivity index (χ1v) is 8.45. The second-order valence-corrected chi connectivity index (χ2v) is 5.74. The zero-order valence-corrected chi connectivity index (χ0v) is 13.3. The lowest BCUT2D eigenvalue weighted by atomic mass is 10.1. The van der Waals surface area contributed by atoms with Gasteiger partial charge in [-0.1, -0.05) is 38.0 Å². The Bertz CT molecular complexity index is 343. The van der Waals surface area contributed by atoms with Crippen LogP contribution in [-0.4, -0.2) is 25.2 Å². The molecule has 0 saturated carbocycles. The Balaban J connectivity index is 2.53. The lowest BCUT2D eigenvalue weighted by Gasteiger charge is -2.19. The van der Waals surface area contributed by atoms with Crippen molar-refractivity contribution in [1.29, 1.82) is 0 Å². The molecule has 1 unspecified atom stereocenters. The van der Waals surface area contributed by atoms with Crippen molar-refractivity contribution in [3.63, 3.8) is 0 Å². The molecule has 0 bridgehead atoms. The summed E-state index contributed by atoms with van der Waals surface area (Å²) in [7, 11) is 2.03. The van der Waals surface area contributed by atoms with Gasteiger partial charge < -0.3 is 10.1 Å². The van der Waals surface area contributed by atoms with Crippen LogP contribution >= 0.6 is 11.8 Å².